The Morgan fingerprint density at radius 3 is 2.63 bits per heavy atom. The van der Waals surface area contributed by atoms with Crippen molar-refractivity contribution in [2.24, 2.45) is 7.05 Å². The maximum atomic E-state index is 12.0. The molecule has 19 heavy (non-hydrogen) atoms. The van der Waals surface area contributed by atoms with Gasteiger partial charge in [-0.1, -0.05) is 0 Å². The van der Waals surface area contributed by atoms with E-state index in [1.807, 2.05) is 0 Å². The van der Waals surface area contributed by atoms with E-state index in [2.05, 4.69) is 4.74 Å². The number of nitro groups is 1. The molecular formula is C11H15N3O5. The lowest BCUT2D eigenvalue weighted by atomic mass is 10.3. The van der Waals surface area contributed by atoms with E-state index in [0.29, 0.717) is 0 Å². The van der Waals surface area contributed by atoms with Crippen LogP contribution in [0.15, 0.2) is 12.3 Å². The smallest absolute Gasteiger partial charge is 0.307 e. The van der Waals surface area contributed by atoms with Crippen molar-refractivity contribution < 1.29 is 19.2 Å². The van der Waals surface area contributed by atoms with E-state index in [0.717, 1.165) is 0 Å². The van der Waals surface area contributed by atoms with Gasteiger partial charge in [0.05, 0.1) is 24.7 Å². The van der Waals surface area contributed by atoms with Crippen molar-refractivity contribution in [1.29, 1.82) is 0 Å². The number of carbonyl (C=O) groups excluding carboxylic acids is 2. The molecule has 0 saturated carbocycles. The highest BCUT2D eigenvalue weighted by molar-refractivity contribution is 5.93. The maximum absolute atomic E-state index is 12.0. The third-order valence-corrected chi connectivity index (χ3v) is 2.65. The Hall–Kier alpha value is -2.38. The molecule has 0 aliphatic carbocycles. The predicted molar refractivity (Wildman–Crippen MR) is 65.7 cm³/mol. The average molecular weight is 269 g/mol. The van der Waals surface area contributed by atoms with Gasteiger partial charge in [0.25, 0.3) is 11.6 Å². The molecule has 0 unspecified atom stereocenters. The zero-order valence-corrected chi connectivity index (χ0v) is 11.0. The van der Waals surface area contributed by atoms with E-state index in [-0.39, 0.29) is 30.3 Å². The summed E-state index contributed by atoms with van der Waals surface area (Å²) in [7, 11) is 4.34. The van der Waals surface area contributed by atoms with Crippen LogP contribution < -0.4 is 0 Å². The van der Waals surface area contributed by atoms with Gasteiger partial charge >= 0.3 is 5.97 Å². The van der Waals surface area contributed by atoms with Gasteiger partial charge in [0.15, 0.2) is 0 Å². The highest BCUT2D eigenvalue weighted by Gasteiger charge is 2.20. The fourth-order valence-electron chi connectivity index (χ4n) is 1.52. The minimum absolute atomic E-state index is 0.0747. The first-order chi connectivity index (χ1) is 8.86. The predicted octanol–water partition coefficient (Wildman–Crippen LogP) is 0.568. The lowest BCUT2D eigenvalue weighted by Gasteiger charge is -2.16. The summed E-state index contributed by atoms with van der Waals surface area (Å²) >= 11 is 0. The lowest BCUT2D eigenvalue weighted by molar-refractivity contribution is -0.384. The number of hydrogen-bond donors (Lipinski definition) is 0. The molecule has 8 heteroatoms. The second kappa shape index (κ2) is 5.98. The Morgan fingerprint density at radius 1 is 1.53 bits per heavy atom. The Bertz CT molecular complexity index is 508. The molecular weight excluding hydrogens is 254 g/mol. The molecule has 0 aliphatic heterocycles. The molecule has 0 N–H and O–H groups in total. The van der Waals surface area contributed by atoms with Crippen LogP contribution in [0.3, 0.4) is 0 Å². The summed E-state index contributed by atoms with van der Waals surface area (Å²) in [5.74, 6) is -0.808. The van der Waals surface area contributed by atoms with Crippen LogP contribution in [0, 0.1) is 10.1 Å². The van der Waals surface area contributed by atoms with Crippen molar-refractivity contribution in [3.63, 3.8) is 0 Å². The van der Waals surface area contributed by atoms with E-state index in [1.54, 1.807) is 7.05 Å². The number of amides is 1. The summed E-state index contributed by atoms with van der Waals surface area (Å²) < 4.78 is 5.86. The number of rotatable bonds is 5. The fraction of sp³-hybridized carbons (Fsp3) is 0.455. The topological polar surface area (TPSA) is 94.7 Å². The lowest BCUT2D eigenvalue weighted by Crippen LogP contribution is -2.30. The van der Waals surface area contributed by atoms with Gasteiger partial charge in [-0.3, -0.25) is 19.7 Å². The number of esters is 1. The molecule has 1 aromatic heterocycles. The van der Waals surface area contributed by atoms with Crippen LogP contribution in [-0.2, 0) is 16.6 Å². The van der Waals surface area contributed by atoms with Gasteiger partial charge in [-0.15, -0.1) is 0 Å². The number of aromatic nitrogens is 1. The van der Waals surface area contributed by atoms with Crippen molar-refractivity contribution in [3.8, 4) is 0 Å². The molecule has 0 aliphatic rings. The van der Waals surface area contributed by atoms with Crippen molar-refractivity contribution in [2.45, 2.75) is 6.42 Å². The molecule has 8 nitrogen and oxygen atoms in total. The van der Waals surface area contributed by atoms with E-state index in [4.69, 9.17) is 0 Å². The Labute approximate surface area is 109 Å². The van der Waals surface area contributed by atoms with Gasteiger partial charge in [-0.2, -0.15) is 0 Å². The minimum atomic E-state index is -0.564. The van der Waals surface area contributed by atoms with Crippen LogP contribution >= 0.6 is 0 Å². The van der Waals surface area contributed by atoms with Gasteiger partial charge in [0.2, 0.25) is 0 Å². The summed E-state index contributed by atoms with van der Waals surface area (Å²) in [6.45, 7) is 0.185. The highest BCUT2D eigenvalue weighted by Crippen LogP contribution is 2.16. The second-order valence-electron chi connectivity index (χ2n) is 4.00. The first-order valence-electron chi connectivity index (χ1n) is 5.50. The van der Waals surface area contributed by atoms with Gasteiger partial charge in [0.1, 0.15) is 5.69 Å². The Balaban J connectivity index is 2.76. The molecule has 1 rings (SSSR count). The number of carbonyl (C=O) groups is 2. The Kier molecular flexibility index (Phi) is 4.62. The van der Waals surface area contributed by atoms with Crippen LogP contribution in [0.2, 0.25) is 0 Å². The normalized spacial score (nSPS) is 10.1. The standard InChI is InChI=1S/C11H15N3O5/c1-12(5-4-10(15)19-3)11(16)9-6-8(14(17)18)7-13(9)2/h6-7H,4-5H2,1-3H3. The van der Waals surface area contributed by atoms with Crippen molar-refractivity contribution in [1.82, 2.24) is 9.47 Å². The number of aryl methyl sites for hydroxylation is 1. The maximum Gasteiger partial charge on any atom is 0.307 e. The number of ether oxygens (including phenoxy) is 1. The first kappa shape index (κ1) is 14.7. The SMILES string of the molecule is COC(=O)CCN(C)C(=O)c1cc([N+](=O)[O-])cn1C. The van der Waals surface area contributed by atoms with Crippen LogP contribution in [0.5, 0.6) is 0 Å². The van der Waals surface area contributed by atoms with Gasteiger partial charge in [-0.05, 0) is 0 Å². The molecule has 1 amide bonds. The van der Waals surface area contributed by atoms with E-state index >= 15 is 0 Å². The van der Waals surface area contributed by atoms with Crippen molar-refractivity contribution in [2.75, 3.05) is 20.7 Å². The number of nitrogens with zero attached hydrogens (tertiary/aromatic N) is 3. The third-order valence-electron chi connectivity index (χ3n) is 2.65. The third kappa shape index (κ3) is 3.54. The van der Waals surface area contributed by atoms with E-state index in [1.165, 1.54) is 35.9 Å². The van der Waals surface area contributed by atoms with Gasteiger partial charge in [-0.25, -0.2) is 0 Å². The molecule has 104 valence electrons. The molecule has 0 saturated heterocycles. The van der Waals surface area contributed by atoms with Gasteiger partial charge < -0.3 is 14.2 Å². The summed E-state index contributed by atoms with van der Waals surface area (Å²) in [5, 5.41) is 10.6. The molecule has 0 aromatic carbocycles. The molecule has 1 aromatic rings. The monoisotopic (exact) mass is 269 g/mol. The van der Waals surface area contributed by atoms with Crippen molar-refractivity contribution in [3.05, 3.63) is 28.1 Å². The molecule has 0 fully saturated rings. The fourth-order valence-corrected chi connectivity index (χ4v) is 1.52. The summed E-state index contributed by atoms with van der Waals surface area (Å²) in [4.78, 5) is 34.4. The summed E-state index contributed by atoms with van der Waals surface area (Å²) in [6, 6.07) is 1.21. The number of hydrogen-bond acceptors (Lipinski definition) is 5. The zero-order valence-electron chi connectivity index (χ0n) is 11.0. The molecule has 0 spiro atoms. The van der Waals surface area contributed by atoms with Gasteiger partial charge in [0, 0.05) is 26.7 Å². The largest absolute Gasteiger partial charge is 0.469 e. The molecule has 0 radical (unpaired) electrons. The van der Waals surface area contributed by atoms with Crippen LogP contribution in [-0.4, -0.2) is 47.0 Å². The van der Waals surface area contributed by atoms with Crippen LogP contribution in [0.1, 0.15) is 16.9 Å². The summed E-state index contributed by atoms with van der Waals surface area (Å²) in [6.07, 6.45) is 1.34. The quantitative estimate of drug-likeness (QED) is 0.442. The summed E-state index contributed by atoms with van der Waals surface area (Å²) in [5.41, 5.74) is 0.0475. The molecule has 0 atom stereocenters. The number of methoxy groups -OCH3 is 1. The highest BCUT2D eigenvalue weighted by atomic mass is 16.6. The second-order valence-corrected chi connectivity index (χ2v) is 4.00. The zero-order chi connectivity index (χ0) is 14.6. The first-order valence-corrected chi connectivity index (χ1v) is 5.50. The molecule has 1 heterocycles. The average Bonchev–Trinajstić information content (AvgIpc) is 2.76. The Morgan fingerprint density at radius 2 is 2.16 bits per heavy atom. The van der Waals surface area contributed by atoms with E-state index < -0.39 is 10.9 Å². The van der Waals surface area contributed by atoms with Crippen LogP contribution in [0.4, 0.5) is 5.69 Å². The van der Waals surface area contributed by atoms with Crippen LogP contribution in [0.25, 0.3) is 0 Å². The van der Waals surface area contributed by atoms with Crippen molar-refractivity contribution >= 4 is 17.6 Å². The van der Waals surface area contributed by atoms with E-state index in [9.17, 15) is 19.7 Å². The minimum Gasteiger partial charge on any atom is -0.469 e. The molecule has 0 bridgehead atoms.